The number of rotatable bonds is 2. The van der Waals surface area contributed by atoms with Gasteiger partial charge < -0.3 is 15.1 Å². The molecule has 0 unspecified atom stereocenters. The molecule has 0 saturated carbocycles. The number of piperazine rings is 1. The van der Waals surface area contributed by atoms with Gasteiger partial charge >= 0.3 is 6.03 Å². The van der Waals surface area contributed by atoms with Crippen LogP contribution in [0.25, 0.3) is 0 Å². The molecule has 0 atom stereocenters. The molecule has 0 spiro atoms. The summed E-state index contributed by atoms with van der Waals surface area (Å²) in [4.78, 5) is 16.6. The van der Waals surface area contributed by atoms with Crippen LogP contribution in [-0.4, -0.2) is 37.1 Å². The fourth-order valence-electron chi connectivity index (χ4n) is 2.85. The van der Waals surface area contributed by atoms with Gasteiger partial charge in [-0.25, -0.2) is 4.79 Å². The molecular weight excluding hydrogens is 286 g/mol. The number of amides is 2. The Morgan fingerprint density at radius 3 is 2.26 bits per heavy atom. The normalized spacial score (nSPS) is 14.7. The zero-order valence-electron chi connectivity index (χ0n) is 13.7. The number of hydrogen-bond donors (Lipinski definition) is 1. The first kappa shape index (κ1) is 15.4. The van der Waals surface area contributed by atoms with Gasteiger partial charge in [-0.3, -0.25) is 0 Å². The van der Waals surface area contributed by atoms with Crippen LogP contribution in [0.15, 0.2) is 48.5 Å². The fraction of sp³-hybridized carbons (Fsp3) is 0.316. The average Bonchev–Trinajstić information content (AvgIpc) is 2.56. The summed E-state index contributed by atoms with van der Waals surface area (Å²) in [6.45, 7) is 7.33. The van der Waals surface area contributed by atoms with E-state index in [1.807, 2.05) is 36.1 Å². The zero-order valence-corrected chi connectivity index (χ0v) is 13.7. The van der Waals surface area contributed by atoms with Crippen molar-refractivity contribution in [2.45, 2.75) is 13.8 Å². The third-order valence-corrected chi connectivity index (χ3v) is 4.24. The van der Waals surface area contributed by atoms with E-state index < -0.39 is 0 Å². The van der Waals surface area contributed by atoms with Gasteiger partial charge in [0.05, 0.1) is 0 Å². The molecule has 0 bridgehead atoms. The Kier molecular flexibility index (Phi) is 4.51. The second-order valence-electron chi connectivity index (χ2n) is 6.11. The van der Waals surface area contributed by atoms with Crippen LogP contribution in [0.4, 0.5) is 16.2 Å². The molecular formula is C19H23N3O. The Hall–Kier alpha value is -2.49. The van der Waals surface area contributed by atoms with Crippen LogP contribution in [-0.2, 0) is 0 Å². The van der Waals surface area contributed by atoms with Crippen LogP contribution < -0.4 is 10.2 Å². The van der Waals surface area contributed by atoms with Crippen LogP contribution >= 0.6 is 0 Å². The molecule has 120 valence electrons. The smallest absolute Gasteiger partial charge is 0.321 e. The Labute approximate surface area is 137 Å². The van der Waals surface area contributed by atoms with E-state index in [0.29, 0.717) is 0 Å². The molecule has 1 aliphatic rings. The molecule has 4 heteroatoms. The largest absolute Gasteiger partial charge is 0.368 e. The first-order chi connectivity index (χ1) is 11.1. The number of carbonyl (C=O) groups is 1. The molecule has 1 N–H and O–H groups in total. The summed E-state index contributed by atoms with van der Waals surface area (Å²) in [5.74, 6) is 0. The van der Waals surface area contributed by atoms with Crippen LogP contribution in [0.3, 0.4) is 0 Å². The van der Waals surface area contributed by atoms with Gasteiger partial charge in [-0.15, -0.1) is 0 Å². The number of anilines is 2. The number of carbonyl (C=O) groups excluding carboxylic acids is 1. The monoisotopic (exact) mass is 309 g/mol. The molecule has 1 aliphatic heterocycles. The second kappa shape index (κ2) is 6.73. The molecule has 2 amide bonds. The minimum absolute atomic E-state index is 0.0147. The van der Waals surface area contributed by atoms with Crippen molar-refractivity contribution in [3.05, 3.63) is 59.7 Å². The average molecular weight is 309 g/mol. The van der Waals surface area contributed by atoms with Crippen molar-refractivity contribution < 1.29 is 4.79 Å². The predicted molar refractivity (Wildman–Crippen MR) is 95.2 cm³/mol. The van der Waals surface area contributed by atoms with Crippen molar-refractivity contribution in [3.8, 4) is 0 Å². The van der Waals surface area contributed by atoms with Gasteiger partial charge in [0, 0.05) is 37.6 Å². The molecule has 4 nitrogen and oxygen atoms in total. The number of nitrogens with zero attached hydrogens (tertiary/aromatic N) is 2. The molecule has 2 aromatic rings. The van der Waals surface area contributed by atoms with Gasteiger partial charge in [0.2, 0.25) is 0 Å². The van der Waals surface area contributed by atoms with E-state index in [-0.39, 0.29) is 6.03 Å². The third-order valence-electron chi connectivity index (χ3n) is 4.24. The van der Waals surface area contributed by atoms with Gasteiger partial charge in [-0.2, -0.15) is 0 Å². The maximum atomic E-state index is 12.4. The standard InChI is InChI=1S/C19H23N3O/c1-15-6-8-18(9-7-15)21-10-12-22(13-11-21)19(23)20-17-5-3-4-16(2)14-17/h3-9,14H,10-13H2,1-2H3,(H,20,23). The number of nitrogens with one attached hydrogen (secondary N) is 1. The number of aryl methyl sites for hydroxylation is 2. The topological polar surface area (TPSA) is 35.6 Å². The lowest BCUT2D eigenvalue weighted by Crippen LogP contribution is -2.50. The van der Waals surface area contributed by atoms with Crippen molar-refractivity contribution in [3.63, 3.8) is 0 Å². The molecule has 0 aliphatic carbocycles. The highest BCUT2D eigenvalue weighted by Gasteiger charge is 2.21. The minimum atomic E-state index is -0.0147. The maximum Gasteiger partial charge on any atom is 0.321 e. The first-order valence-corrected chi connectivity index (χ1v) is 8.06. The van der Waals surface area contributed by atoms with E-state index in [1.54, 1.807) is 0 Å². The van der Waals surface area contributed by atoms with Gasteiger partial charge in [-0.1, -0.05) is 29.8 Å². The van der Waals surface area contributed by atoms with Gasteiger partial charge in [0.15, 0.2) is 0 Å². The summed E-state index contributed by atoms with van der Waals surface area (Å²) in [7, 11) is 0. The summed E-state index contributed by atoms with van der Waals surface area (Å²) >= 11 is 0. The van der Waals surface area contributed by atoms with Crippen molar-refractivity contribution >= 4 is 17.4 Å². The molecule has 0 radical (unpaired) electrons. The van der Waals surface area contributed by atoms with Crippen LogP contribution in [0.2, 0.25) is 0 Å². The lowest BCUT2D eigenvalue weighted by molar-refractivity contribution is 0.208. The van der Waals surface area contributed by atoms with E-state index in [2.05, 4.69) is 41.4 Å². The van der Waals surface area contributed by atoms with Gasteiger partial charge in [0.1, 0.15) is 0 Å². The summed E-state index contributed by atoms with van der Waals surface area (Å²) in [6, 6.07) is 16.4. The van der Waals surface area contributed by atoms with Crippen molar-refractivity contribution in [2.24, 2.45) is 0 Å². The van der Waals surface area contributed by atoms with Crippen molar-refractivity contribution in [2.75, 3.05) is 36.4 Å². The predicted octanol–water partition coefficient (Wildman–Crippen LogP) is 3.66. The Morgan fingerprint density at radius 1 is 0.913 bits per heavy atom. The third kappa shape index (κ3) is 3.83. The highest BCUT2D eigenvalue weighted by molar-refractivity contribution is 5.89. The van der Waals surface area contributed by atoms with Crippen LogP contribution in [0, 0.1) is 13.8 Å². The SMILES string of the molecule is Cc1ccc(N2CCN(C(=O)Nc3cccc(C)c3)CC2)cc1. The van der Waals surface area contributed by atoms with E-state index in [0.717, 1.165) is 37.4 Å². The summed E-state index contributed by atoms with van der Waals surface area (Å²) in [6.07, 6.45) is 0. The summed E-state index contributed by atoms with van der Waals surface area (Å²) in [5.41, 5.74) is 4.50. The van der Waals surface area contributed by atoms with E-state index in [4.69, 9.17) is 0 Å². The molecule has 1 saturated heterocycles. The Bertz CT molecular complexity index is 673. The van der Waals surface area contributed by atoms with E-state index in [1.165, 1.54) is 11.3 Å². The van der Waals surface area contributed by atoms with Crippen molar-refractivity contribution in [1.82, 2.24) is 4.90 Å². The quantitative estimate of drug-likeness (QED) is 0.919. The van der Waals surface area contributed by atoms with E-state index in [9.17, 15) is 4.79 Å². The highest BCUT2D eigenvalue weighted by Crippen LogP contribution is 2.18. The molecule has 2 aromatic carbocycles. The molecule has 23 heavy (non-hydrogen) atoms. The fourth-order valence-corrected chi connectivity index (χ4v) is 2.85. The summed E-state index contributed by atoms with van der Waals surface area (Å²) in [5, 5.41) is 2.98. The molecule has 0 aromatic heterocycles. The second-order valence-corrected chi connectivity index (χ2v) is 6.11. The van der Waals surface area contributed by atoms with Gasteiger partial charge in [-0.05, 0) is 43.7 Å². The minimum Gasteiger partial charge on any atom is -0.368 e. The lowest BCUT2D eigenvalue weighted by Gasteiger charge is -2.36. The molecule has 1 heterocycles. The molecule has 3 rings (SSSR count). The zero-order chi connectivity index (χ0) is 16.2. The first-order valence-electron chi connectivity index (χ1n) is 8.06. The Morgan fingerprint density at radius 2 is 1.61 bits per heavy atom. The number of hydrogen-bond acceptors (Lipinski definition) is 2. The Balaban J connectivity index is 1.56. The summed E-state index contributed by atoms with van der Waals surface area (Å²) < 4.78 is 0. The van der Waals surface area contributed by atoms with Gasteiger partial charge in [0.25, 0.3) is 0 Å². The van der Waals surface area contributed by atoms with E-state index >= 15 is 0 Å². The van der Waals surface area contributed by atoms with Crippen LogP contribution in [0.5, 0.6) is 0 Å². The molecule has 1 fully saturated rings. The highest BCUT2D eigenvalue weighted by atomic mass is 16.2. The number of benzene rings is 2. The lowest BCUT2D eigenvalue weighted by atomic mass is 10.2. The van der Waals surface area contributed by atoms with Crippen molar-refractivity contribution in [1.29, 1.82) is 0 Å². The van der Waals surface area contributed by atoms with Crippen LogP contribution in [0.1, 0.15) is 11.1 Å². The number of urea groups is 1. The maximum absolute atomic E-state index is 12.4.